The van der Waals surface area contributed by atoms with Crippen molar-refractivity contribution in [3.05, 3.63) is 23.4 Å². The Labute approximate surface area is 116 Å². The Morgan fingerprint density at radius 2 is 2.26 bits per heavy atom. The highest BCUT2D eigenvalue weighted by atomic mass is 32.1. The molecule has 19 heavy (non-hydrogen) atoms. The number of aromatic nitrogens is 1. The molecule has 0 spiro atoms. The number of carbonyl (C=O) groups excluding carboxylic acids is 2. The highest BCUT2D eigenvalue weighted by Gasteiger charge is 2.32. The number of rotatable bonds is 2. The highest BCUT2D eigenvalue weighted by Crippen LogP contribution is 2.23. The van der Waals surface area contributed by atoms with Crippen LogP contribution in [0, 0.1) is 6.92 Å². The summed E-state index contributed by atoms with van der Waals surface area (Å²) in [6.45, 7) is 3.62. The van der Waals surface area contributed by atoms with Gasteiger partial charge in [-0.2, -0.15) is 0 Å². The van der Waals surface area contributed by atoms with Gasteiger partial charge < -0.3 is 10.6 Å². The van der Waals surface area contributed by atoms with Gasteiger partial charge in [-0.15, -0.1) is 0 Å². The van der Waals surface area contributed by atoms with Crippen LogP contribution >= 0.6 is 12.2 Å². The molecule has 2 rings (SSSR count). The van der Waals surface area contributed by atoms with Crippen molar-refractivity contribution in [1.29, 1.82) is 0 Å². The molecule has 0 aliphatic carbocycles. The van der Waals surface area contributed by atoms with Crippen molar-refractivity contribution < 1.29 is 9.59 Å². The van der Waals surface area contributed by atoms with Crippen LogP contribution in [0.2, 0.25) is 0 Å². The summed E-state index contributed by atoms with van der Waals surface area (Å²) in [4.78, 5) is 29.2. The predicted octanol–water partition coefficient (Wildman–Crippen LogP) is -0.124. The molecule has 3 N–H and O–H groups in total. The Hall–Kier alpha value is -2.02. The van der Waals surface area contributed by atoms with E-state index in [-0.39, 0.29) is 23.3 Å². The molecule has 1 aliphatic heterocycles. The topological polar surface area (TPSA) is 88.3 Å². The van der Waals surface area contributed by atoms with Gasteiger partial charge in [-0.05, 0) is 25.5 Å². The van der Waals surface area contributed by atoms with Gasteiger partial charge in [-0.1, -0.05) is 12.2 Å². The average Bonchev–Trinajstić information content (AvgIpc) is 2.33. The summed E-state index contributed by atoms with van der Waals surface area (Å²) < 4.78 is 0. The zero-order valence-corrected chi connectivity index (χ0v) is 11.5. The number of aryl methyl sites for hydroxylation is 1. The molecule has 0 bridgehead atoms. The summed E-state index contributed by atoms with van der Waals surface area (Å²) in [6.07, 6.45) is 1.61. The maximum absolute atomic E-state index is 11.7. The molecule has 7 heteroatoms. The number of hydrogen-bond acceptors (Lipinski definition) is 5. The van der Waals surface area contributed by atoms with Crippen LogP contribution < -0.4 is 16.0 Å². The molecule has 6 nitrogen and oxygen atoms in total. The lowest BCUT2D eigenvalue weighted by Gasteiger charge is -2.33. The first-order valence-electron chi connectivity index (χ1n) is 5.77. The smallest absolute Gasteiger partial charge is 0.249 e. The molecule has 1 aromatic rings. The number of carbonyl (C=O) groups is 2. The van der Waals surface area contributed by atoms with E-state index in [4.69, 9.17) is 18.0 Å². The van der Waals surface area contributed by atoms with Gasteiger partial charge >= 0.3 is 0 Å². The fourth-order valence-electron chi connectivity index (χ4n) is 2.04. The SMILES string of the molecule is Cc1ccnc(N2CC(=O)NC(=O)C2C)c1C(N)=S. The zero-order chi connectivity index (χ0) is 14.2. The van der Waals surface area contributed by atoms with Gasteiger partial charge in [0, 0.05) is 6.20 Å². The third kappa shape index (κ3) is 2.41. The lowest BCUT2D eigenvalue weighted by Crippen LogP contribution is -2.57. The third-order valence-corrected chi connectivity index (χ3v) is 3.29. The molecule has 2 heterocycles. The maximum Gasteiger partial charge on any atom is 0.249 e. The fraction of sp³-hybridized carbons (Fsp3) is 0.333. The Morgan fingerprint density at radius 3 is 2.89 bits per heavy atom. The van der Waals surface area contributed by atoms with E-state index in [1.165, 1.54) is 0 Å². The van der Waals surface area contributed by atoms with Crippen molar-refractivity contribution in [3.63, 3.8) is 0 Å². The van der Waals surface area contributed by atoms with Crippen molar-refractivity contribution in [2.24, 2.45) is 5.73 Å². The standard InChI is InChI=1S/C12H14N4O2S/c1-6-3-4-14-11(9(6)10(13)19)16-5-8(17)15-12(18)7(16)2/h3-4,7H,5H2,1-2H3,(H2,13,19)(H,15,17,18). The van der Waals surface area contributed by atoms with E-state index in [9.17, 15) is 9.59 Å². The lowest BCUT2D eigenvalue weighted by atomic mass is 10.1. The molecule has 0 aromatic carbocycles. The van der Waals surface area contributed by atoms with Gasteiger partial charge in [0.05, 0.1) is 12.1 Å². The van der Waals surface area contributed by atoms with E-state index >= 15 is 0 Å². The molecule has 1 saturated heterocycles. The van der Waals surface area contributed by atoms with Crippen LogP contribution in [0.5, 0.6) is 0 Å². The molecule has 1 aromatic heterocycles. The normalized spacial score (nSPS) is 19.3. The summed E-state index contributed by atoms with van der Waals surface area (Å²) >= 11 is 5.03. The summed E-state index contributed by atoms with van der Waals surface area (Å²) in [5, 5.41) is 2.28. The minimum Gasteiger partial charge on any atom is -0.389 e. The summed E-state index contributed by atoms with van der Waals surface area (Å²) in [5.41, 5.74) is 7.18. The van der Waals surface area contributed by atoms with Crippen molar-refractivity contribution in [2.75, 3.05) is 11.4 Å². The molecular weight excluding hydrogens is 264 g/mol. The second-order valence-electron chi connectivity index (χ2n) is 4.41. The summed E-state index contributed by atoms with van der Waals surface area (Å²) in [6, 6.07) is 1.29. The minimum atomic E-state index is -0.500. The van der Waals surface area contributed by atoms with Gasteiger partial charge in [0.1, 0.15) is 16.8 Å². The average molecular weight is 278 g/mol. The monoisotopic (exact) mass is 278 g/mol. The Kier molecular flexibility index (Phi) is 3.48. The Morgan fingerprint density at radius 1 is 1.58 bits per heavy atom. The second-order valence-corrected chi connectivity index (χ2v) is 4.85. The largest absolute Gasteiger partial charge is 0.389 e. The Balaban J connectivity index is 2.52. The van der Waals surface area contributed by atoms with Crippen LogP contribution in [0.15, 0.2) is 12.3 Å². The van der Waals surface area contributed by atoms with Crippen molar-refractivity contribution in [2.45, 2.75) is 19.9 Å². The van der Waals surface area contributed by atoms with E-state index in [0.29, 0.717) is 11.4 Å². The number of nitrogens with two attached hydrogens (primary N) is 1. The minimum absolute atomic E-state index is 0.0545. The predicted molar refractivity (Wildman–Crippen MR) is 74.8 cm³/mol. The summed E-state index contributed by atoms with van der Waals surface area (Å²) in [7, 11) is 0. The van der Waals surface area contributed by atoms with Crippen LogP contribution in [-0.4, -0.2) is 34.4 Å². The van der Waals surface area contributed by atoms with Gasteiger partial charge in [0.2, 0.25) is 11.8 Å². The molecule has 1 fully saturated rings. The van der Waals surface area contributed by atoms with Crippen LogP contribution in [-0.2, 0) is 9.59 Å². The van der Waals surface area contributed by atoms with Crippen LogP contribution in [0.1, 0.15) is 18.1 Å². The number of pyridine rings is 1. The number of nitrogens with zero attached hydrogens (tertiary/aromatic N) is 2. The van der Waals surface area contributed by atoms with E-state index in [0.717, 1.165) is 5.56 Å². The molecular formula is C12H14N4O2S. The lowest BCUT2D eigenvalue weighted by molar-refractivity contribution is -0.132. The summed E-state index contributed by atoms with van der Waals surface area (Å²) in [5.74, 6) is -0.239. The maximum atomic E-state index is 11.7. The van der Waals surface area contributed by atoms with Crippen LogP contribution in [0.4, 0.5) is 5.82 Å². The number of thiocarbonyl (C=S) groups is 1. The third-order valence-electron chi connectivity index (χ3n) is 3.08. The molecule has 2 amide bonds. The molecule has 1 aliphatic rings. The van der Waals surface area contributed by atoms with Crippen molar-refractivity contribution in [3.8, 4) is 0 Å². The van der Waals surface area contributed by atoms with Crippen LogP contribution in [0.3, 0.4) is 0 Å². The number of piperazine rings is 1. The van der Waals surface area contributed by atoms with Gasteiger partial charge in [0.25, 0.3) is 0 Å². The molecule has 1 unspecified atom stereocenters. The van der Waals surface area contributed by atoms with E-state index in [1.54, 1.807) is 24.1 Å². The first-order chi connectivity index (χ1) is 8.91. The van der Waals surface area contributed by atoms with Gasteiger partial charge in [0.15, 0.2) is 0 Å². The van der Waals surface area contributed by atoms with E-state index < -0.39 is 6.04 Å². The highest BCUT2D eigenvalue weighted by molar-refractivity contribution is 7.80. The van der Waals surface area contributed by atoms with Crippen molar-refractivity contribution in [1.82, 2.24) is 10.3 Å². The first-order valence-corrected chi connectivity index (χ1v) is 6.18. The number of imide groups is 1. The van der Waals surface area contributed by atoms with Crippen LogP contribution in [0.25, 0.3) is 0 Å². The van der Waals surface area contributed by atoms with Gasteiger partial charge in [-0.3, -0.25) is 14.9 Å². The number of nitrogens with one attached hydrogen (secondary N) is 1. The number of amides is 2. The van der Waals surface area contributed by atoms with E-state index in [1.807, 2.05) is 6.92 Å². The molecule has 100 valence electrons. The van der Waals surface area contributed by atoms with E-state index in [2.05, 4.69) is 10.3 Å². The second kappa shape index (κ2) is 4.93. The molecule has 1 atom stereocenters. The first kappa shape index (κ1) is 13.4. The van der Waals surface area contributed by atoms with Crippen molar-refractivity contribution >= 4 is 34.8 Å². The Bertz CT molecular complexity index is 573. The van der Waals surface area contributed by atoms with Gasteiger partial charge in [-0.25, -0.2) is 4.98 Å². The number of anilines is 1. The quantitative estimate of drug-likeness (QED) is 0.579. The number of hydrogen-bond donors (Lipinski definition) is 2. The molecule has 0 saturated carbocycles. The fourth-order valence-corrected chi connectivity index (χ4v) is 2.29. The molecule has 0 radical (unpaired) electrons. The zero-order valence-electron chi connectivity index (χ0n) is 10.6.